The van der Waals surface area contributed by atoms with Crippen LogP contribution in [0, 0.1) is 5.41 Å². The van der Waals surface area contributed by atoms with Crippen LogP contribution in [0.2, 0.25) is 10.0 Å². The monoisotopic (exact) mass is 284 g/mol. The minimum absolute atomic E-state index is 0. The van der Waals surface area contributed by atoms with Crippen LogP contribution in [0.5, 0.6) is 0 Å². The maximum Gasteiger partial charge on any atom is 0.151 e. The molecule has 0 bridgehead atoms. The van der Waals surface area contributed by atoms with E-state index in [-0.39, 0.29) is 22.8 Å². The first kappa shape index (κ1) is 14.9. The van der Waals surface area contributed by atoms with E-state index >= 15 is 0 Å². The van der Waals surface area contributed by atoms with Gasteiger partial charge in [0.15, 0.2) is 5.17 Å². The summed E-state index contributed by atoms with van der Waals surface area (Å²) in [6.45, 7) is 1.96. The Morgan fingerprint density at radius 1 is 1.40 bits per heavy atom. The average Bonchev–Trinajstić information content (AvgIpc) is 2.08. The second kappa shape index (κ2) is 6.48. The van der Waals surface area contributed by atoms with Gasteiger partial charge in [-0.25, -0.2) is 0 Å². The van der Waals surface area contributed by atoms with Crippen molar-refractivity contribution in [2.24, 2.45) is 5.73 Å². The van der Waals surface area contributed by atoms with Crippen molar-refractivity contribution in [1.29, 1.82) is 5.41 Å². The van der Waals surface area contributed by atoms with Crippen LogP contribution in [0.15, 0.2) is 18.2 Å². The van der Waals surface area contributed by atoms with Gasteiger partial charge < -0.3 is 5.73 Å². The molecule has 1 aromatic carbocycles. The van der Waals surface area contributed by atoms with Crippen molar-refractivity contribution < 1.29 is 0 Å². The quantitative estimate of drug-likeness (QED) is 0.635. The minimum Gasteiger partial charge on any atom is -0.379 e. The number of benzene rings is 1. The van der Waals surface area contributed by atoms with E-state index in [1.54, 1.807) is 12.1 Å². The number of nitrogens with one attached hydrogen (secondary N) is 1. The van der Waals surface area contributed by atoms with Gasteiger partial charge in [-0.2, -0.15) is 0 Å². The number of thioether (sulfide) groups is 1. The molecule has 0 radical (unpaired) electrons. The zero-order valence-corrected chi connectivity index (χ0v) is 11.1. The van der Waals surface area contributed by atoms with E-state index in [1.807, 2.05) is 13.0 Å². The summed E-state index contributed by atoms with van der Waals surface area (Å²) in [4.78, 5) is 0. The highest BCUT2D eigenvalue weighted by Crippen LogP contribution is 2.31. The summed E-state index contributed by atoms with van der Waals surface area (Å²) in [7, 11) is 0. The van der Waals surface area contributed by atoms with Gasteiger partial charge in [0.25, 0.3) is 0 Å². The molecule has 0 heterocycles. The lowest BCUT2D eigenvalue weighted by atomic mass is 10.2. The number of halogens is 3. The molecule has 6 heteroatoms. The van der Waals surface area contributed by atoms with Gasteiger partial charge in [-0.3, -0.25) is 5.41 Å². The molecule has 0 aliphatic carbocycles. The van der Waals surface area contributed by atoms with Crippen LogP contribution in [-0.4, -0.2) is 5.17 Å². The smallest absolute Gasteiger partial charge is 0.151 e. The Morgan fingerprint density at radius 2 is 2.00 bits per heavy atom. The lowest BCUT2D eigenvalue weighted by Gasteiger charge is -2.10. The van der Waals surface area contributed by atoms with E-state index in [9.17, 15) is 0 Å². The predicted octanol–water partition coefficient (Wildman–Crippen LogP) is 4.10. The Morgan fingerprint density at radius 3 is 2.47 bits per heavy atom. The second-order valence-corrected chi connectivity index (χ2v) is 4.99. The molecule has 0 fully saturated rings. The van der Waals surface area contributed by atoms with E-state index in [0.29, 0.717) is 10.0 Å². The zero-order chi connectivity index (χ0) is 10.7. The van der Waals surface area contributed by atoms with Crippen LogP contribution in [0.4, 0.5) is 0 Å². The molecule has 0 spiro atoms. The van der Waals surface area contributed by atoms with Crippen LogP contribution >= 0.6 is 47.4 Å². The zero-order valence-electron chi connectivity index (χ0n) is 7.96. The minimum atomic E-state index is 0. The van der Waals surface area contributed by atoms with Gasteiger partial charge in [0.1, 0.15) is 0 Å². The Hall–Kier alpha value is -0.0900. The normalized spacial score (nSPS) is 11.7. The number of nitrogens with two attached hydrogens (primary N) is 1. The fourth-order valence-corrected chi connectivity index (χ4v) is 1.99. The number of hydrogen-bond donors (Lipinski definition) is 2. The van der Waals surface area contributed by atoms with E-state index < -0.39 is 0 Å². The molecule has 0 amide bonds. The number of amidine groups is 1. The van der Waals surface area contributed by atoms with Crippen molar-refractivity contribution in [3.63, 3.8) is 0 Å². The highest BCUT2D eigenvalue weighted by molar-refractivity contribution is 8.13. The molecular weight excluding hydrogens is 275 g/mol. The fourth-order valence-electron chi connectivity index (χ4n) is 1.02. The standard InChI is InChI=1S/C9H10Cl2N2S.ClH/c1-5(14-9(12)13)6-2-3-7(10)8(11)4-6;/h2-5H,1H3,(H3,12,13);1H. The van der Waals surface area contributed by atoms with E-state index in [1.165, 1.54) is 11.8 Å². The van der Waals surface area contributed by atoms with Crippen molar-refractivity contribution in [2.45, 2.75) is 12.2 Å². The van der Waals surface area contributed by atoms with Crippen LogP contribution in [0.3, 0.4) is 0 Å². The van der Waals surface area contributed by atoms with Gasteiger partial charge in [0.2, 0.25) is 0 Å². The Bertz CT molecular complexity index is 357. The second-order valence-electron chi connectivity index (χ2n) is 2.80. The molecule has 1 aromatic rings. The molecule has 0 aromatic heterocycles. The summed E-state index contributed by atoms with van der Waals surface area (Å²) in [5.74, 6) is 0. The van der Waals surface area contributed by atoms with Crippen molar-refractivity contribution in [3.8, 4) is 0 Å². The fraction of sp³-hybridized carbons (Fsp3) is 0.222. The first-order valence-corrected chi connectivity index (χ1v) is 5.60. The maximum atomic E-state index is 7.15. The Balaban J connectivity index is 0.00000196. The molecule has 0 saturated carbocycles. The van der Waals surface area contributed by atoms with E-state index in [4.69, 9.17) is 34.3 Å². The molecule has 2 nitrogen and oxygen atoms in total. The first-order chi connectivity index (χ1) is 6.50. The molecule has 1 atom stereocenters. The van der Waals surface area contributed by atoms with Crippen LogP contribution in [-0.2, 0) is 0 Å². The Labute approximate surface area is 109 Å². The molecular formula is C9H11Cl3N2S. The van der Waals surface area contributed by atoms with Crippen molar-refractivity contribution in [1.82, 2.24) is 0 Å². The highest BCUT2D eigenvalue weighted by atomic mass is 35.5. The summed E-state index contributed by atoms with van der Waals surface area (Å²) >= 11 is 12.9. The number of rotatable bonds is 2. The van der Waals surface area contributed by atoms with E-state index in [0.717, 1.165) is 5.56 Å². The van der Waals surface area contributed by atoms with Gasteiger partial charge in [0.05, 0.1) is 10.0 Å². The summed E-state index contributed by atoms with van der Waals surface area (Å²) < 4.78 is 0. The third-order valence-corrected chi connectivity index (χ3v) is 3.34. The SMILES string of the molecule is CC(SC(=N)N)c1ccc(Cl)c(Cl)c1.Cl. The molecule has 15 heavy (non-hydrogen) atoms. The summed E-state index contributed by atoms with van der Waals surface area (Å²) in [5, 5.41) is 8.43. The van der Waals surface area contributed by atoms with Gasteiger partial charge in [-0.1, -0.05) is 41.0 Å². The lowest BCUT2D eigenvalue weighted by Crippen LogP contribution is -2.06. The summed E-state index contributed by atoms with van der Waals surface area (Å²) in [6, 6.07) is 5.43. The molecule has 0 aliphatic heterocycles. The van der Waals surface area contributed by atoms with Crippen molar-refractivity contribution >= 4 is 52.5 Å². The topological polar surface area (TPSA) is 49.9 Å². The average molecular weight is 286 g/mol. The van der Waals surface area contributed by atoms with Gasteiger partial charge >= 0.3 is 0 Å². The maximum absolute atomic E-state index is 7.15. The lowest BCUT2D eigenvalue weighted by molar-refractivity contribution is 1.11. The van der Waals surface area contributed by atoms with Crippen LogP contribution in [0.25, 0.3) is 0 Å². The first-order valence-electron chi connectivity index (χ1n) is 3.96. The molecule has 1 rings (SSSR count). The third kappa shape index (κ3) is 4.51. The summed E-state index contributed by atoms with van der Waals surface area (Å²) in [5.41, 5.74) is 6.30. The summed E-state index contributed by atoms with van der Waals surface area (Å²) in [6.07, 6.45) is 0. The largest absolute Gasteiger partial charge is 0.379 e. The van der Waals surface area contributed by atoms with Gasteiger partial charge in [-0.05, 0) is 24.6 Å². The predicted molar refractivity (Wildman–Crippen MR) is 71.6 cm³/mol. The van der Waals surface area contributed by atoms with Crippen molar-refractivity contribution in [2.75, 3.05) is 0 Å². The third-order valence-electron chi connectivity index (χ3n) is 1.72. The molecule has 1 unspecified atom stereocenters. The molecule has 0 aliphatic rings. The molecule has 0 saturated heterocycles. The highest BCUT2D eigenvalue weighted by Gasteiger charge is 2.09. The molecule has 3 N–H and O–H groups in total. The number of hydrogen-bond acceptors (Lipinski definition) is 2. The molecule has 84 valence electrons. The van der Waals surface area contributed by atoms with E-state index in [2.05, 4.69) is 0 Å². The van der Waals surface area contributed by atoms with Crippen LogP contribution in [0.1, 0.15) is 17.7 Å². The van der Waals surface area contributed by atoms with Gasteiger partial charge in [0, 0.05) is 5.25 Å². The Kier molecular flexibility index (Phi) is 6.44. The van der Waals surface area contributed by atoms with Gasteiger partial charge in [-0.15, -0.1) is 12.4 Å². The van der Waals surface area contributed by atoms with Crippen molar-refractivity contribution in [3.05, 3.63) is 33.8 Å². The van der Waals surface area contributed by atoms with Crippen LogP contribution < -0.4 is 5.73 Å².